The molecule has 4 N–H and O–H groups in total. The first kappa shape index (κ1) is 29.4. The summed E-state index contributed by atoms with van der Waals surface area (Å²) in [6.45, 7) is 19.3. The van der Waals surface area contributed by atoms with Gasteiger partial charge in [0.05, 0.1) is 6.54 Å². The molecule has 3 fully saturated rings. The number of nitrogens with one attached hydrogen (secondary N) is 4. The summed E-state index contributed by atoms with van der Waals surface area (Å²) in [7, 11) is 0. The molecule has 0 spiro atoms. The van der Waals surface area contributed by atoms with Crippen LogP contribution < -0.4 is 21.4 Å². The van der Waals surface area contributed by atoms with Gasteiger partial charge in [-0.15, -0.1) is 0 Å². The van der Waals surface area contributed by atoms with Crippen molar-refractivity contribution in [1.82, 2.24) is 31.3 Å². The van der Waals surface area contributed by atoms with E-state index in [1.165, 1.54) is 0 Å². The van der Waals surface area contributed by atoms with Crippen LogP contribution in [0.5, 0.6) is 0 Å². The molecular weight excluding hydrogens is 488 g/mol. The number of carbonyl (C=O) groups is 5. The van der Waals surface area contributed by atoms with Crippen LogP contribution in [0.25, 0.3) is 0 Å². The minimum Gasteiger partial charge on any atom is -0.351 e. The van der Waals surface area contributed by atoms with Crippen molar-refractivity contribution in [2.24, 2.45) is 22.7 Å². The number of rotatable bonds is 6. The van der Waals surface area contributed by atoms with E-state index in [0.29, 0.717) is 19.4 Å². The van der Waals surface area contributed by atoms with E-state index in [0.717, 1.165) is 11.1 Å². The molecule has 0 radical (unpaired) electrons. The highest BCUT2D eigenvalue weighted by Gasteiger charge is 2.70. The third-order valence-electron chi connectivity index (χ3n) is 7.81. The first-order valence-electron chi connectivity index (χ1n) is 13.3. The van der Waals surface area contributed by atoms with E-state index < -0.39 is 40.9 Å². The molecule has 11 heteroatoms. The van der Waals surface area contributed by atoms with Crippen LogP contribution in [-0.4, -0.2) is 76.3 Å². The van der Waals surface area contributed by atoms with Crippen molar-refractivity contribution in [2.75, 3.05) is 13.1 Å². The first-order chi connectivity index (χ1) is 17.4. The van der Waals surface area contributed by atoms with Gasteiger partial charge >= 0.3 is 6.03 Å². The van der Waals surface area contributed by atoms with Crippen molar-refractivity contribution in [2.45, 2.75) is 91.9 Å². The van der Waals surface area contributed by atoms with E-state index in [2.05, 4.69) is 41.8 Å². The average Bonchev–Trinajstić information content (AvgIpc) is 3.14. The summed E-state index contributed by atoms with van der Waals surface area (Å²) >= 11 is 0. The third-order valence-corrected chi connectivity index (χ3v) is 7.81. The predicted octanol–water partition coefficient (Wildman–Crippen LogP) is 1.31. The Balaban J connectivity index is 1.82. The average molecular weight is 533 g/mol. The zero-order valence-corrected chi connectivity index (χ0v) is 23.9. The van der Waals surface area contributed by atoms with E-state index >= 15 is 0 Å². The lowest BCUT2D eigenvalue weighted by Gasteiger charge is -2.38. The summed E-state index contributed by atoms with van der Waals surface area (Å²) in [5.74, 6) is -1.36. The number of fused-ring (bicyclic) bond motifs is 1. The van der Waals surface area contributed by atoms with Crippen molar-refractivity contribution in [3.8, 4) is 0 Å². The molecule has 6 amide bonds. The molecule has 11 nitrogen and oxygen atoms in total. The molecule has 2 saturated heterocycles. The van der Waals surface area contributed by atoms with Gasteiger partial charge in [0.25, 0.3) is 11.8 Å². The Labute approximate surface area is 225 Å². The molecule has 0 aromatic carbocycles. The lowest BCUT2D eigenvalue weighted by molar-refractivity contribution is -0.148. The summed E-state index contributed by atoms with van der Waals surface area (Å²) < 4.78 is 0. The lowest BCUT2D eigenvalue weighted by Crippen LogP contribution is -2.62. The van der Waals surface area contributed by atoms with Gasteiger partial charge in [-0.2, -0.15) is 0 Å². The Hall–Kier alpha value is -3.11. The molecule has 2 heterocycles. The van der Waals surface area contributed by atoms with E-state index in [4.69, 9.17) is 0 Å². The van der Waals surface area contributed by atoms with Gasteiger partial charge in [0.2, 0.25) is 11.8 Å². The molecule has 212 valence electrons. The van der Waals surface area contributed by atoms with E-state index in [-0.39, 0.29) is 41.7 Å². The van der Waals surface area contributed by atoms with Crippen LogP contribution in [0.4, 0.5) is 4.79 Å². The maximum Gasteiger partial charge on any atom is 0.315 e. The molecule has 0 aromatic heterocycles. The molecule has 38 heavy (non-hydrogen) atoms. The maximum atomic E-state index is 13.9. The molecule has 0 aromatic rings. The number of hydrogen-bond acceptors (Lipinski definition) is 5. The normalized spacial score (nSPS) is 26.5. The summed E-state index contributed by atoms with van der Waals surface area (Å²) in [5.41, 5.74) is 1.46. The summed E-state index contributed by atoms with van der Waals surface area (Å²) in [6, 6.07) is -2.43. The largest absolute Gasteiger partial charge is 0.351 e. The minimum absolute atomic E-state index is 0.0812. The van der Waals surface area contributed by atoms with Gasteiger partial charge in [-0.1, -0.05) is 41.2 Å². The topological polar surface area (TPSA) is 140 Å². The second kappa shape index (κ2) is 10.2. The highest BCUT2D eigenvalue weighted by atomic mass is 16.2. The smallest absolute Gasteiger partial charge is 0.315 e. The molecule has 3 rings (SSSR count). The highest BCUT2D eigenvalue weighted by molar-refractivity contribution is 5.95. The second-order valence-corrected chi connectivity index (χ2v) is 13.5. The highest BCUT2D eigenvalue weighted by Crippen LogP contribution is 2.65. The molecule has 1 unspecified atom stereocenters. The fourth-order valence-electron chi connectivity index (χ4n) is 5.67. The predicted molar refractivity (Wildman–Crippen MR) is 142 cm³/mol. The second-order valence-electron chi connectivity index (χ2n) is 13.5. The van der Waals surface area contributed by atoms with E-state index in [1.807, 2.05) is 41.5 Å². The Bertz CT molecular complexity index is 1010. The monoisotopic (exact) mass is 532 g/mol. The maximum absolute atomic E-state index is 13.9. The van der Waals surface area contributed by atoms with Crippen molar-refractivity contribution in [1.29, 1.82) is 0 Å². The number of urea groups is 1. The third kappa shape index (κ3) is 6.30. The van der Waals surface area contributed by atoms with Crippen molar-refractivity contribution in [3.05, 3.63) is 12.7 Å². The lowest BCUT2D eigenvalue weighted by atomic mass is 9.85. The van der Waals surface area contributed by atoms with E-state index in [1.54, 1.807) is 4.90 Å². The van der Waals surface area contributed by atoms with Gasteiger partial charge in [0, 0.05) is 24.5 Å². The quantitative estimate of drug-likeness (QED) is 0.302. The molecular formula is C27H44N6O5. The number of likely N-dealkylation sites (tertiary alicyclic amines) is 1. The van der Waals surface area contributed by atoms with Gasteiger partial charge in [-0.3, -0.25) is 24.6 Å². The van der Waals surface area contributed by atoms with Gasteiger partial charge in [-0.25, -0.2) is 9.80 Å². The Morgan fingerprint density at radius 1 is 1.18 bits per heavy atom. The molecule has 5 atom stereocenters. The first-order valence-corrected chi connectivity index (χ1v) is 13.3. The van der Waals surface area contributed by atoms with Crippen LogP contribution in [0.1, 0.15) is 68.2 Å². The van der Waals surface area contributed by atoms with Crippen LogP contribution in [0.2, 0.25) is 0 Å². The SMILES string of the molecule is C=CC(=O)N(C[C@@H]1CCC(=O)N1)NC(=O)[C@@H]1[C@@H]2[C@H](CN1C(=O)C(NC(=O)NC(C)(C)C)C(C)(C)C)C2(C)C. The van der Waals surface area contributed by atoms with Gasteiger partial charge in [0.15, 0.2) is 0 Å². The molecule has 2 aliphatic heterocycles. The zero-order valence-electron chi connectivity index (χ0n) is 23.9. The van der Waals surface area contributed by atoms with Gasteiger partial charge < -0.3 is 20.9 Å². The zero-order chi connectivity index (χ0) is 28.8. The van der Waals surface area contributed by atoms with Crippen LogP contribution in [0.3, 0.4) is 0 Å². The number of hydrazine groups is 1. The van der Waals surface area contributed by atoms with Crippen LogP contribution in [-0.2, 0) is 19.2 Å². The molecule has 0 bridgehead atoms. The minimum atomic E-state index is -0.875. The van der Waals surface area contributed by atoms with Crippen LogP contribution >= 0.6 is 0 Å². The number of nitrogens with zero attached hydrogens (tertiary/aromatic N) is 2. The number of hydrogen-bond donors (Lipinski definition) is 4. The summed E-state index contributed by atoms with van der Waals surface area (Å²) in [5, 5.41) is 9.62. The van der Waals surface area contributed by atoms with Crippen molar-refractivity contribution < 1.29 is 24.0 Å². The molecule has 1 saturated carbocycles. The number of amides is 6. The Morgan fingerprint density at radius 2 is 1.82 bits per heavy atom. The number of piperidine rings is 1. The van der Waals surface area contributed by atoms with Crippen molar-refractivity contribution >= 4 is 29.7 Å². The molecule has 1 aliphatic carbocycles. The van der Waals surface area contributed by atoms with E-state index in [9.17, 15) is 24.0 Å². The Morgan fingerprint density at radius 3 is 2.32 bits per heavy atom. The summed E-state index contributed by atoms with van der Waals surface area (Å²) in [6.07, 6.45) is 2.02. The standard InChI is InChI=1S/C27H44N6O5/c1-10-18(35)33(13-15-11-12-17(34)28-15)31-22(36)20-19-16(27(19,8)9)14-32(20)23(37)21(25(2,3)4)29-24(38)30-26(5,6)7/h10,15-16,19-21H,1,11-14H2,2-9H3,(H,28,34)(H,31,36)(H2,29,30,38)/t15-,16-,19-,20-,21?/m0/s1. The number of carbonyl (C=O) groups excluding carboxylic acids is 5. The van der Waals surface area contributed by atoms with Crippen molar-refractivity contribution in [3.63, 3.8) is 0 Å². The fourth-order valence-corrected chi connectivity index (χ4v) is 5.67. The van der Waals surface area contributed by atoms with Gasteiger partial charge in [0.1, 0.15) is 12.1 Å². The summed E-state index contributed by atoms with van der Waals surface area (Å²) in [4.78, 5) is 66.1. The fraction of sp³-hybridized carbons (Fsp3) is 0.741. The van der Waals surface area contributed by atoms with Crippen LogP contribution in [0.15, 0.2) is 12.7 Å². The molecule has 3 aliphatic rings. The van der Waals surface area contributed by atoms with Crippen LogP contribution in [0, 0.1) is 22.7 Å². The Kier molecular flexibility index (Phi) is 7.92. The van der Waals surface area contributed by atoms with Gasteiger partial charge in [-0.05, 0) is 55.9 Å².